The molecule has 2 atom stereocenters. The van der Waals surface area contributed by atoms with Crippen LogP contribution < -0.4 is 14.4 Å². The Kier molecular flexibility index (Phi) is 28.5. The first-order chi connectivity index (χ1) is 53.9. The Hall–Kier alpha value is -10.6. The maximum absolute atomic E-state index is 15.7. The number of carbonyl (C=O) groups excluding carboxylic acids is 2. The van der Waals surface area contributed by atoms with Gasteiger partial charge in [-0.3, -0.25) is 9.59 Å². The fourth-order valence-electron chi connectivity index (χ4n) is 13.8. The van der Waals surface area contributed by atoms with Crippen LogP contribution in [0.4, 0.5) is 17.1 Å². The van der Waals surface area contributed by atoms with Gasteiger partial charge in [0.15, 0.2) is 0 Å². The Balaban J connectivity index is 0.843. The SMILES string of the molecule is CCCCC(CC)CN1C(=O)C2=C(c3ccc(C#Cc4ccc(N(c5ccccc5)c5ccccc5)cc4)s3)N(CC(CC)CCCC)C(=O)C2=C1c1ccc(C#Cc2ccc(/C(=C3N=C(/C=C/c4ccc(OCCOCCOC)cc4)C=C/3C)c3[nH]c(/C=C/c4ccc(OCCOCCOC)cc4)cc3C)cc2)s1. The number of para-hydroxylation sites is 2. The van der Waals surface area contributed by atoms with E-state index in [1.807, 2.05) is 82.6 Å². The third-order valence-electron chi connectivity index (χ3n) is 19.8. The topological polar surface area (TPSA) is 127 Å². The van der Waals surface area contributed by atoms with Crippen molar-refractivity contribution in [1.82, 2.24) is 14.8 Å². The molecule has 2 amide bonds. The fourth-order valence-corrected chi connectivity index (χ4v) is 15.7. The molecule has 110 heavy (non-hydrogen) atoms. The molecule has 0 fully saturated rings. The number of nitrogens with zero attached hydrogens (tertiary/aromatic N) is 4. The standard InChI is InChI=1S/C95H99N5O8S2/c1-9-13-21-69(11-3)65-98-92(88-89(95(98)102)93(99(94(88)101)66-70(12-4)22-14-10-2)86-54-52-84(110-86)50-38-74-31-43-80(44-32-74)100(78-23-17-15-18-24-78)79-25-19-16-20-26-79)85-53-51-83(109-85)49-37-71-27-39-75(40-28-71)87(90-67(5)63-76(96-90)41-29-72-33-45-81(46-34-72)107-61-59-105-57-55-103-7)91-68(6)64-77(97-91)42-30-73-35-47-82(48-36-73)108-62-60-106-58-56-104-8/h15-20,23-36,39-48,51-54,63-64,69-70,96H,9-14,21-22,55-62,65-66H2,1-8H3/b41-29+,42-30+,91-87-. The Morgan fingerprint density at radius 1 is 0.518 bits per heavy atom. The van der Waals surface area contributed by atoms with E-state index in [9.17, 15) is 0 Å². The number of methoxy groups -OCH3 is 2. The number of amides is 2. The van der Waals surface area contributed by atoms with Crippen LogP contribution >= 0.6 is 22.7 Å². The van der Waals surface area contributed by atoms with Gasteiger partial charge in [-0.15, -0.1) is 22.7 Å². The van der Waals surface area contributed by atoms with Gasteiger partial charge in [-0.1, -0.05) is 175 Å². The van der Waals surface area contributed by atoms with Crippen molar-refractivity contribution in [3.8, 4) is 35.2 Å². The number of H-pyrrole nitrogens is 1. The summed E-state index contributed by atoms with van der Waals surface area (Å²) in [6, 6.07) is 63.9. The summed E-state index contributed by atoms with van der Waals surface area (Å²) in [7, 11) is 3.32. The van der Waals surface area contributed by atoms with Crippen LogP contribution in [0.15, 0.2) is 228 Å². The number of nitrogens with one attached hydrogen (secondary N) is 1. The predicted octanol–water partition coefficient (Wildman–Crippen LogP) is 21.1. The highest BCUT2D eigenvalue weighted by Crippen LogP contribution is 2.50. The number of fused-ring (bicyclic) bond motifs is 1. The lowest BCUT2D eigenvalue weighted by atomic mass is 9.95. The third-order valence-corrected chi connectivity index (χ3v) is 21.9. The van der Waals surface area contributed by atoms with Gasteiger partial charge in [0, 0.05) is 66.8 Å². The molecule has 0 spiro atoms. The largest absolute Gasteiger partial charge is 0.491 e. The average Bonchev–Trinajstić information content (AvgIpc) is 1.55. The van der Waals surface area contributed by atoms with Crippen molar-refractivity contribution in [3.05, 3.63) is 287 Å². The average molecular weight is 1500 g/mol. The number of thiophene rings is 2. The van der Waals surface area contributed by atoms with E-state index in [0.29, 0.717) is 88.5 Å². The molecule has 3 aliphatic rings. The first kappa shape index (κ1) is 79.0. The molecule has 0 saturated heterocycles. The van der Waals surface area contributed by atoms with Crippen molar-refractivity contribution >= 4 is 92.5 Å². The minimum absolute atomic E-state index is 0.118. The van der Waals surface area contributed by atoms with Gasteiger partial charge in [-0.25, -0.2) is 4.99 Å². The Morgan fingerprint density at radius 2 is 0.982 bits per heavy atom. The molecule has 15 heteroatoms. The van der Waals surface area contributed by atoms with Crippen molar-refractivity contribution in [2.45, 2.75) is 92.9 Å². The predicted molar refractivity (Wildman–Crippen MR) is 452 cm³/mol. The summed E-state index contributed by atoms with van der Waals surface area (Å²) in [4.78, 5) is 50.1. The number of rotatable bonds is 37. The van der Waals surface area contributed by atoms with Crippen LogP contribution in [-0.2, 0) is 28.5 Å². The highest BCUT2D eigenvalue weighted by Gasteiger charge is 2.50. The molecule has 0 bridgehead atoms. The monoisotopic (exact) mass is 1500 g/mol. The summed E-state index contributed by atoms with van der Waals surface area (Å²) in [5.41, 5.74) is 17.0. The van der Waals surface area contributed by atoms with Crippen LogP contribution in [0.3, 0.4) is 0 Å². The molecule has 6 aromatic carbocycles. The molecule has 564 valence electrons. The lowest BCUT2D eigenvalue weighted by molar-refractivity contribution is -0.124. The summed E-state index contributed by atoms with van der Waals surface area (Å²) in [5, 5.41) is 0. The van der Waals surface area contributed by atoms with Gasteiger partial charge in [-0.2, -0.15) is 0 Å². The number of aryl methyl sites for hydroxylation is 1. The van der Waals surface area contributed by atoms with E-state index in [-0.39, 0.29) is 23.7 Å². The van der Waals surface area contributed by atoms with E-state index in [1.54, 1.807) is 25.6 Å². The van der Waals surface area contributed by atoms with Crippen molar-refractivity contribution in [1.29, 1.82) is 0 Å². The number of aromatic nitrogens is 1. The normalized spacial score (nSPS) is 14.5. The summed E-state index contributed by atoms with van der Waals surface area (Å²) in [6.07, 6.45) is 18.5. The van der Waals surface area contributed by atoms with Gasteiger partial charge in [-0.05, 0) is 200 Å². The van der Waals surface area contributed by atoms with Gasteiger partial charge < -0.3 is 48.1 Å². The molecule has 6 heterocycles. The molecule has 9 aromatic rings. The summed E-state index contributed by atoms with van der Waals surface area (Å²) >= 11 is 3.07. The van der Waals surface area contributed by atoms with Gasteiger partial charge >= 0.3 is 0 Å². The maximum atomic E-state index is 15.7. The minimum atomic E-state index is -0.118. The zero-order valence-corrected chi connectivity index (χ0v) is 66.2. The maximum Gasteiger partial charge on any atom is 0.261 e. The lowest BCUT2D eigenvalue weighted by Gasteiger charge is -2.29. The molecule has 0 aliphatic carbocycles. The first-order valence-electron chi connectivity index (χ1n) is 38.6. The molecule has 3 aromatic heterocycles. The molecular weight excluding hydrogens is 1400 g/mol. The van der Waals surface area contributed by atoms with E-state index < -0.39 is 0 Å². The smallest absolute Gasteiger partial charge is 0.261 e. The fraction of sp³-hybridized carbons (Fsp3) is 0.295. The molecular formula is C95H99N5O8S2. The number of allylic oxidation sites excluding steroid dienone is 3. The Bertz CT molecular complexity index is 4920. The zero-order valence-electron chi connectivity index (χ0n) is 64.5. The lowest BCUT2D eigenvalue weighted by Crippen LogP contribution is -2.34. The van der Waals surface area contributed by atoms with Gasteiger partial charge in [0.05, 0.1) is 98.8 Å². The Labute approximate surface area is 658 Å². The zero-order chi connectivity index (χ0) is 76.6. The molecule has 2 unspecified atom stereocenters. The minimum Gasteiger partial charge on any atom is -0.491 e. The van der Waals surface area contributed by atoms with Gasteiger partial charge in [0.1, 0.15) is 24.7 Å². The van der Waals surface area contributed by atoms with Crippen LogP contribution in [0.25, 0.3) is 35.2 Å². The molecule has 3 aliphatic heterocycles. The van der Waals surface area contributed by atoms with E-state index in [4.69, 9.17) is 33.4 Å². The highest BCUT2D eigenvalue weighted by atomic mass is 32.1. The number of benzene rings is 6. The van der Waals surface area contributed by atoms with Crippen LogP contribution in [-0.4, -0.2) is 112 Å². The van der Waals surface area contributed by atoms with Crippen LogP contribution in [0.2, 0.25) is 0 Å². The Morgan fingerprint density at radius 3 is 1.45 bits per heavy atom. The molecule has 12 rings (SSSR count). The summed E-state index contributed by atoms with van der Waals surface area (Å²) in [5.74, 6) is 15.7. The van der Waals surface area contributed by atoms with Crippen LogP contribution in [0.1, 0.15) is 150 Å². The second kappa shape index (κ2) is 39.7. The van der Waals surface area contributed by atoms with Crippen molar-refractivity contribution in [2.24, 2.45) is 16.8 Å². The van der Waals surface area contributed by atoms with Crippen LogP contribution in [0.5, 0.6) is 11.5 Å². The quantitative estimate of drug-likeness (QED) is 0.0299. The van der Waals surface area contributed by atoms with Crippen molar-refractivity contribution < 1.29 is 38.0 Å². The van der Waals surface area contributed by atoms with E-state index >= 15 is 9.59 Å². The molecule has 1 N–H and O–H groups in total. The number of carbonyl (C=O) groups is 2. The first-order valence-corrected chi connectivity index (χ1v) is 40.2. The molecule has 0 radical (unpaired) electrons. The van der Waals surface area contributed by atoms with Crippen molar-refractivity contribution in [2.75, 3.05) is 85.1 Å². The molecule has 0 saturated carbocycles. The second-order valence-electron chi connectivity index (χ2n) is 27.7. The summed E-state index contributed by atoms with van der Waals surface area (Å²) < 4.78 is 33.1. The number of hydrogen-bond acceptors (Lipinski definition) is 12. The van der Waals surface area contributed by atoms with E-state index in [0.717, 1.165) is 167 Å². The van der Waals surface area contributed by atoms with Crippen molar-refractivity contribution in [3.63, 3.8) is 0 Å². The number of hydrogen-bond donors (Lipinski definition) is 1. The molecule has 13 nitrogen and oxygen atoms in total. The van der Waals surface area contributed by atoms with Crippen LogP contribution in [0, 0.1) is 42.4 Å². The van der Waals surface area contributed by atoms with E-state index in [1.165, 1.54) is 11.3 Å². The van der Waals surface area contributed by atoms with E-state index in [2.05, 4.69) is 221 Å². The number of anilines is 3. The van der Waals surface area contributed by atoms with Gasteiger partial charge in [0.2, 0.25) is 0 Å². The van der Waals surface area contributed by atoms with Gasteiger partial charge in [0.25, 0.3) is 11.8 Å². The highest BCUT2D eigenvalue weighted by molar-refractivity contribution is 7.14. The number of aliphatic imine (C=N–C) groups is 1. The summed E-state index contributed by atoms with van der Waals surface area (Å²) in [6.45, 7) is 18.2. The number of ether oxygens (including phenoxy) is 6. The third kappa shape index (κ3) is 20.3. The second-order valence-corrected chi connectivity index (χ2v) is 29.8. The number of unbranched alkanes of at least 4 members (excludes halogenated alkanes) is 2. The number of aromatic amines is 1.